The van der Waals surface area contributed by atoms with E-state index in [9.17, 15) is 0 Å². The number of piperidine rings is 1. The van der Waals surface area contributed by atoms with E-state index in [0.717, 1.165) is 22.1 Å². The molecule has 0 bridgehead atoms. The monoisotopic (exact) mass is 307 g/mol. The third-order valence-electron chi connectivity index (χ3n) is 2.95. The minimum Gasteiger partial charge on any atom is -0.299 e. The first-order valence-corrected chi connectivity index (χ1v) is 7.67. The molecular weight excluding hydrogens is 294 g/mol. The van der Waals surface area contributed by atoms with E-state index in [1.165, 1.54) is 31.5 Å². The van der Waals surface area contributed by atoms with Crippen molar-refractivity contribution in [3.63, 3.8) is 0 Å². The molecular formula is C11H15BrClNS. The standard InChI is InChI=1S/C11H15BrClNS/c12-6-9-1-3-14(4-2-9)7-10-5-11(13)15-8-10/h5,8-9H,1-4,6-7H2. The summed E-state index contributed by atoms with van der Waals surface area (Å²) in [6, 6.07) is 2.09. The maximum Gasteiger partial charge on any atom is 0.0931 e. The van der Waals surface area contributed by atoms with Crippen LogP contribution in [0.1, 0.15) is 18.4 Å². The van der Waals surface area contributed by atoms with Crippen molar-refractivity contribution in [1.29, 1.82) is 0 Å². The van der Waals surface area contributed by atoms with Crippen LogP contribution in [-0.4, -0.2) is 23.3 Å². The fourth-order valence-electron chi connectivity index (χ4n) is 1.99. The van der Waals surface area contributed by atoms with Crippen LogP contribution in [0.4, 0.5) is 0 Å². The molecule has 1 fully saturated rings. The predicted octanol–water partition coefficient (Wildman–Crippen LogP) is 4.01. The SMILES string of the molecule is Clc1cc(CN2CCC(CBr)CC2)cs1. The van der Waals surface area contributed by atoms with Crippen molar-refractivity contribution < 1.29 is 0 Å². The predicted molar refractivity (Wildman–Crippen MR) is 71.1 cm³/mol. The molecule has 1 saturated heterocycles. The molecule has 0 amide bonds. The van der Waals surface area contributed by atoms with Crippen LogP contribution in [0.3, 0.4) is 0 Å². The van der Waals surface area contributed by atoms with E-state index in [0.29, 0.717) is 0 Å². The minimum atomic E-state index is 0.882. The first-order valence-electron chi connectivity index (χ1n) is 5.29. The highest BCUT2D eigenvalue weighted by Gasteiger charge is 2.18. The molecule has 1 aliphatic heterocycles. The fourth-order valence-corrected chi connectivity index (χ4v) is 3.53. The maximum atomic E-state index is 5.92. The quantitative estimate of drug-likeness (QED) is 0.763. The molecule has 15 heavy (non-hydrogen) atoms. The Morgan fingerprint density at radius 3 is 2.73 bits per heavy atom. The molecule has 0 N–H and O–H groups in total. The molecule has 0 radical (unpaired) electrons. The molecule has 2 rings (SSSR count). The molecule has 2 heterocycles. The van der Waals surface area contributed by atoms with Gasteiger partial charge in [0.25, 0.3) is 0 Å². The van der Waals surface area contributed by atoms with Gasteiger partial charge in [0, 0.05) is 11.9 Å². The van der Waals surface area contributed by atoms with E-state index in [2.05, 4.69) is 32.3 Å². The highest BCUT2D eigenvalue weighted by molar-refractivity contribution is 9.09. The van der Waals surface area contributed by atoms with Crippen LogP contribution in [0.25, 0.3) is 0 Å². The van der Waals surface area contributed by atoms with Gasteiger partial charge in [0.05, 0.1) is 4.34 Å². The number of likely N-dealkylation sites (tertiary alicyclic amines) is 1. The van der Waals surface area contributed by atoms with Crippen LogP contribution in [0.5, 0.6) is 0 Å². The van der Waals surface area contributed by atoms with Gasteiger partial charge < -0.3 is 0 Å². The van der Waals surface area contributed by atoms with Crippen LogP contribution in [0.2, 0.25) is 4.34 Å². The van der Waals surface area contributed by atoms with Gasteiger partial charge in [-0.05, 0) is 48.9 Å². The van der Waals surface area contributed by atoms with Gasteiger partial charge in [-0.1, -0.05) is 27.5 Å². The maximum absolute atomic E-state index is 5.92. The van der Waals surface area contributed by atoms with E-state index >= 15 is 0 Å². The van der Waals surface area contributed by atoms with Gasteiger partial charge in [-0.2, -0.15) is 0 Å². The summed E-state index contributed by atoms with van der Waals surface area (Å²) in [5.74, 6) is 0.882. The molecule has 1 aromatic rings. The first kappa shape index (κ1) is 11.9. The average molecular weight is 309 g/mol. The van der Waals surface area contributed by atoms with Crippen LogP contribution in [0, 0.1) is 5.92 Å². The van der Waals surface area contributed by atoms with Gasteiger partial charge in [-0.25, -0.2) is 0 Å². The summed E-state index contributed by atoms with van der Waals surface area (Å²) in [4.78, 5) is 2.53. The number of rotatable bonds is 3. The van der Waals surface area contributed by atoms with E-state index in [-0.39, 0.29) is 0 Å². The molecule has 4 heteroatoms. The average Bonchev–Trinajstić information content (AvgIpc) is 2.65. The number of nitrogens with zero attached hydrogens (tertiary/aromatic N) is 1. The minimum absolute atomic E-state index is 0.882. The normalized spacial score (nSPS) is 19.6. The zero-order valence-electron chi connectivity index (χ0n) is 8.59. The molecule has 0 atom stereocenters. The largest absolute Gasteiger partial charge is 0.299 e. The highest BCUT2D eigenvalue weighted by Crippen LogP contribution is 2.24. The third-order valence-corrected chi connectivity index (χ3v) is 5.01. The molecule has 0 unspecified atom stereocenters. The highest BCUT2D eigenvalue weighted by atomic mass is 79.9. The molecule has 1 aliphatic rings. The van der Waals surface area contributed by atoms with Gasteiger partial charge in [0.15, 0.2) is 0 Å². The van der Waals surface area contributed by atoms with Gasteiger partial charge in [0.2, 0.25) is 0 Å². The lowest BCUT2D eigenvalue weighted by molar-refractivity contribution is 0.188. The Bertz CT molecular complexity index is 307. The van der Waals surface area contributed by atoms with Crippen LogP contribution in [-0.2, 0) is 6.54 Å². The number of halogens is 2. The summed E-state index contributed by atoms with van der Waals surface area (Å²) in [5, 5.41) is 3.32. The molecule has 1 nitrogen and oxygen atoms in total. The Kier molecular flexibility index (Phi) is 4.50. The van der Waals surface area contributed by atoms with E-state index in [1.54, 1.807) is 11.3 Å². The Morgan fingerprint density at radius 2 is 2.20 bits per heavy atom. The molecule has 0 saturated carbocycles. The Hall–Kier alpha value is 0.430. The number of hydrogen-bond donors (Lipinski definition) is 0. The molecule has 0 aliphatic carbocycles. The second kappa shape index (κ2) is 5.67. The summed E-state index contributed by atoms with van der Waals surface area (Å²) in [6.07, 6.45) is 2.65. The number of alkyl halides is 1. The van der Waals surface area contributed by atoms with Gasteiger partial charge in [0.1, 0.15) is 0 Å². The van der Waals surface area contributed by atoms with Crippen molar-refractivity contribution >= 4 is 38.9 Å². The zero-order valence-corrected chi connectivity index (χ0v) is 11.7. The van der Waals surface area contributed by atoms with Crippen LogP contribution >= 0.6 is 38.9 Å². The van der Waals surface area contributed by atoms with E-state index < -0.39 is 0 Å². The Balaban J connectivity index is 1.82. The van der Waals surface area contributed by atoms with Crippen molar-refractivity contribution in [1.82, 2.24) is 4.90 Å². The van der Waals surface area contributed by atoms with Gasteiger partial charge in [-0.15, -0.1) is 11.3 Å². The van der Waals surface area contributed by atoms with E-state index in [1.807, 2.05) is 0 Å². The third kappa shape index (κ3) is 3.45. The molecule has 1 aromatic heterocycles. The number of hydrogen-bond acceptors (Lipinski definition) is 2. The summed E-state index contributed by atoms with van der Waals surface area (Å²) >= 11 is 11.1. The Labute approximate surface area is 109 Å². The molecule has 0 spiro atoms. The van der Waals surface area contributed by atoms with Gasteiger partial charge in [-0.3, -0.25) is 4.90 Å². The number of thiophene rings is 1. The smallest absolute Gasteiger partial charge is 0.0931 e. The lowest BCUT2D eigenvalue weighted by Gasteiger charge is -2.30. The molecule has 0 aromatic carbocycles. The van der Waals surface area contributed by atoms with Crippen molar-refractivity contribution in [3.05, 3.63) is 21.3 Å². The lowest BCUT2D eigenvalue weighted by atomic mass is 9.99. The summed E-state index contributed by atoms with van der Waals surface area (Å²) < 4.78 is 0.903. The summed E-state index contributed by atoms with van der Waals surface area (Å²) in [6.45, 7) is 3.52. The summed E-state index contributed by atoms with van der Waals surface area (Å²) in [7, 11) is 0. The summed E-state index contributed by atoms with van der Waals surface area (Å²) in [5.41, 5.74) is 1.36. The van der Waals surface area contributed by atoms with Crippen molar-refractivity contribution in [3.8, 4) is 0 Å². The second-order valence-corrected chi connectivity index (χ2v) is 6.32. The zero-order chi connectivity index (χ0) is 10.7. The lowest BCUT2D eigenvalue weighted by Crippen LogP contribution is -2.33. The van der Waals surface area contributed by atoms with Crippen molar-refractivity contribution in [2.75, 3.05) is 18.4 Å². The van der Waals surface area contributed by atoms with Crippen molar-refractivity contribution in [2.45, 2.75) is 19.4 Å². The van der Waals surface area contributed by atoms with Crippen molar-refractivity contribution in [2.24, 2.45) is 5.92 Å². The molecule has 84 valence electrons. The second-order valence-electron chi connectivity index (χ2n) is 4.13. The van der Waals surface area contributed by atoms with E-state index in [4.69, 9.17) is 11.6 Å². The van der Waals surface area contributed by atoms with Gasteiger partial charge >= 0.3 is 0 Å². The van der Waals surface area contributed by atoms with Crippen LogP contribution in [0.15, 0.2) is 11.4 Å². The first-order chi connectivity index (χ1) is 7.28. The fraction of sp³-hybridized carbons (Fsp3) is 0.636. The topological polar surface area (TPSA) is 3.24 Å². The van der Waals surface area contributed by atoms with Crippen LogP contribution < -0.4 is 0 Å². The Morgan fingerprint density at radius 1 is 1.47 bits per heavy atom.